The summed E-state index contributed by atoms with van der Waals surface area (Å²) in [5.74, 6) is 0.285. The van der Waals surface area contributed by atoms with E-state index in [0.717, 1.165) is 29.5 Å². The molecule has 4 aromatic rings. The van der Waals surface area contributed by atoms with Crippen molar-refractivity contribution in [3.63, 3.8) is 0 Å². The fraction of sp³-hybridized carbons (Fsp3) is 0.214. The largest absolute Gasteiger partial charge is 0.497 e. The van der Waals surface area contributed by atoms with Gasteiger partial charge < -0.3 is 15.0 Å². The third-order valence-corrected chi connectivity index (χ3v) is 6.46. The van der Waals surface area contributed by atoms with Crippen LogP contribution in [0.25, 0.3) is 10.9 Å². The van der Waals surface area contributed by atoms with Crippen molar-refractivity contribution in [2.45, 2.75) is 25.3 Å². The van der Waals surface area contributed by atoms with Crippen molar-refractivity contribution in [3.8, 4) is 5.75 Å². The van der Waals surface area contributed by atoms with E-state index in [0.29, 0.717) is 29.1 Å². The second kappa shape index (κ2) is 8.71. The van der Waals surface area contributed by atoms with Crippen molar-refractivity contribution in [1.29, 1.82) is 0 Å². The van der Waals surface area contributed by atoms with Gasteiger partial charge in [-0.25, -0.2) is 0 Å². The van der Waals surface area contributed by atoms with Crippen molar-refractivity contribution in [1.82, 2.24) is 10.3 Å². The fourth-order valence-corrected chi connectivity index (χ4v) is 4.82. The summed E-state index contributed by atoms with van der Waals surface area (Å²) >= 11 is 0. The summed E-state index contributed by atoms with van der Waals surface area (Å²) in [6, 6.07) is 24.4. The Kier molecular flexibility index (Phi) is 5.57. The molecule has 3 aromatic carbocycles. The van der Waals surface area contributed by atoms with Gasteiger partial charge in [-0.2, -0.15) is 0 Å². The van der Waals surface area contributed by atoms with Crippen LogP contribution in [0.1, 0.15) is 41.4 Å². The first-order valence-electron chi connectivity index (χ1n) is 11.6. The number of hydrogen-bond acceptors (Lipinski definition) is 3. The Labute approximate surface area is 198 Å². The standard InChI is InChI=1S/C28H27N3O3/c1-3-4-16-29-27(33)28(25-18-19-17-21(34-2)14-15-24(19)30-25)23-13-9-8-12-22(23)26(32)31(28)20-10-6-5-7-11-20/h5-15,17-18,30H,3-4,16H2,1-2H3,(H,29,33). The second-order valence-electron chi connectivity index (χ2n) is 8.48. The van der Waals surface area contributed by atoms with E-state index in [1.807, 2.05) is 72.8 Å². The fourth-order valence-electron chi connectivity index (χ4n) is 4.82. The number of carbonyl (C=O) groups excluding carboxylic acids is 2. The van der Waals surface area contributed by atoms with E-state index in [2.05, 4.69) is 17.2 Å². The SMILES string of the molecule is CCCCNC(=O)C1(c2cc3cc(OC)ccc3[nH]2)c2ccccc2C(=O)N1c1ccccc1. The Morgan fingerprint density at radius 3 is 2.56 bits per heavy atom. The summed E-state index contributed by atoms with van der Waals surface area (Å²) < 4.78 is 5.40. The zero-order valence-electron chi connectivity index (χ0n) is 19.3. The molecule has 1 aliphatic rings. The van der Waals surface area contributed by atoms with Crippen molar-refractivity contribution < 1.29 is 14.3 Å². The molecule has 5 rings (SSSR count). The molecule has 0 saturated carbocycles. The number of amides is 2. The predicted molar refractivity (Wildman–Crippen MR) is 133 cm³/mol. The lowest BCUT2D eigenvalue weighted by Crippen LogP contribution is -2.56. The van der Waals surface area contributed by atoms with Crippen LogP contribution < -0.4 is 15.0 Å². The zero-order chi connectivity index (χ0) is 23.7. The van der Waals surface area contributed by atoms with Gasteiger partial charge in [0.05, 0.1) is 12.8 Å². The van der Waals surface area contributed by atoms with E-state index < -0.39 is 5.54 Å². The molecule has 0 spiro atoms. The Balaban J connectivity index is 1.80. The Morgan fingerprint density at radius 1 is 1.03 bits per heavy atom. The number of fused-ring (bicyclic) bond motifs is 2. The van der Waals surface area contributed by atoms with E-state index in [-0.39, 0.29) is 11.8 Å². The average molecular weight is 454 g/mol. The summed E-state index contributed by atoms with van der Waals surface area (Å²) in [7, 11) is 1.63. The quantitative estimate of drug-likeness (QED) is 0.387. The molecule has 1 aliphatic heterocycles. The lowest BCUT2D eigenvalue weighted by molar-refractivity contribution is -0.125. The number of aromatic amines is 1. The molecule has 1 unspecified atom stereocenters. The highest BCUT2D eigenvalue weighted by Crippen LogP contribution is 2.47. The minimum atomic E-state index is -1.38. The van der Waals surface area contributed by atoms with Gasteiger partial charge in [0, 0.05) is 34.3 Å². The number of para-hydroxylation sites is 1. The summed E-state index contributed by atoms with van der Waals surface area (Å²) in [5, 5.41) is 4.02. The van der Waals surface area contributed by atoms with Gasteiger partial charge in [0.2, 0.25) is 0 Å². The van der Waals surface area contributed by atoms with E-state index in [4.69, 9.17) is 4.74 Å². The number of aromatic nitrogens is 1. The number of hydrogen-bond donors (Lipinski definition) is 2. The molecule has 2 heterocycles. The topological polar surface area (TPSA) is 74.4 Å². The summed E-state index contributed by atoms with van der Waals surface area (Å²) in [6.07, 6.45) is 1.81. The number of nitrogens with zero attached hydrogens (tertiary/aromatic N) is 1. The highest BCUT2D eigenvalue weighted by Gasteiger charge is 2.57. The van der Waals surface area contributed by atoms with Crippen molar-refractivity contribution in [2.75, 3.05) is 18.6 Å². The van der Waals surface area contributed by atoms with E-state index in [1.165, 1.54) is 0 Å². The lowest BCUT2D eigenvalue weighted by Gasteiger charge is -2.37. The molecule has 2 amide bonds. The first-order valence-corrected chi connectivity index (χ1v) is 11.6. The third kappa shape index (κ3) is 3.25. The van der Waals surface area contributed by atoms with Crippen LogP contribution in [0.5, 0.6) is 5.75 Å². The Bertz CT molecular complexity index is 1360. The third-order valence-electron chi connectivity index (χ3n) is 6.46. The first kappa shape index (κ1) is 21.8. The second-order valence-corrected chi connectivity index (χ2v) is 8.48. The number of methoxy groups -OCH3 is 1. The molecule has 1 atom stereocenters. The highest BCUT2D eigenvalue weighted by atomic mass is 16.5. The molecule has 6 heteroatoms. The van der Waals surface area contributed by atoms with Gasteiger partial charge in [0.1, 0.15) is 5.75 Å². The smallest absolute Gasteiger partial charge is 0.260 e. The van der Waals surface area contributed by atoms with E-state index in [9.17, 15) is 9.59 Å². The monoisotopic (exact) mass is 453 g/mol. The van der Waals surface area contributed by atoms with Crippen LogP contribution >= 0.6 is 0 Å². The van der Waals surface area contributed by atoms with Crippen LogP contribution in [-0.2, 0) is 10.3 Å². The Morgan fingerprint density at radius 2 is 1.79 bits per heavy atom. The molecule has 0 radical (unpaired) electrons. The molecule has 0 fully saturated rings. The number of ether oxygens (including phenoxy) is 1. The zero-order valence-corrected chi connectivity index (χ0v) is 19.3. The minimum Gasteiger partial charge on any atom is -0.497 e. The van der Waals surface area contributed by atoms with Crippen LogP contribution in [0.3, 0.4) is 0 Å². The van der Waals surface area contributed by atoms with Crippen LogP contribution in [0.2, 0.25) is 0 Å². The normalized spacial score (nSPS) is 17.1. The van der Waals surface area contributed by atoms with Crippen LogP contribution in [0.15, 0.2) is 78.9 Å². The van der Waals surface area contributed by atoms with Crippen LogP contribution in [0.4, 0.5) is 5.69 Å². The molecule has 1 aromatic heterocycles. The summed E-state index contributed by atoms with van der Waals surface area (Å²) in [4.78, 5) is 33.1. The first-order chi connectivity index (χ1) is 16.6. The van der Waals surface area contributed by atoms with Gasteiger partial charge in [0.25, 0.3) is 11.8 Å². The predicted octanol–water partition coefficient (Wildman–Crippen LogP) is 5.00. The Hall–Kier alpha value is -4.06. The van der Waals surface area contributed by atoms with E-state index in [1.54, 1.807) is 18.1 Å². The van der Waals surface area contributed by atoms with Crippen LogP contribution in [-0.4, -0.2) is 30.5 Å². The number of rotatable bonds is 7. The van der Waals surface area contributed by atoms with Crippen molar-refractivity contribution >= 4 is 28.4 Å². The molecule has 34 heavy (non-hydrogen) atoms. The molecule has 2 N–H and O–H groups in total. The number of unbranched alkanes of at least 4 members (excludes halogenated alkanes) is 1. The number of carbonyl (C=O) groups is 2. The van der Waals surface area contributed by atoms with Gasteiger partial charge in [0.15, 0.2) is 5.54 Å². The lowest BCUT2D eigenvalue weighted by atomic mass is 9.84. The summed E-state index contributed by atoms with van der Waals surface area (Å²) in [6.45, 7) is 2.61. The van der Waals surface area contributed by atoms with E-state index >= 15 is 0 Å². The average Bonchev–Trinajstić information content (AvgIpc) is 3.41. The molecule has 0 saturated heterocycles. The van der Waals surface area contributed by atoms with Crippen molar-refractivity contribution in [3.05, 3.63) is 95.7 Å². The van der Waals surface area contributed by atoms with Gasteiger partial charge in [-0.05, 0) is 48.9 Å². The maximum atomic E-state index is 14.2. The number of anilines is 1. The maximum Gasteiger partial charge on any atom is 0.260 e. The molecule has 6 nitrogen and oxygen atoms in total. The highest BCUT2D eigenvalue weighted by molar-refractivity contribution is 6.19. The molecular formula is C28H27N3O3. The molecular weight excluding hydrogens is 426 g/mol. The van der Waals surface area contributed by atoms with Gasteiger partial charge in [-0.3, -0.25) is 14.5 Å². The van der Waals surface area contributed by atoms with Gasteiger partial charge in [-0.15, -0.1) is 0 Å². The molecule has 0 bridgehead atoms. The number of benzene rings is 3. The number of H-pyrrole nitrogens is 1. The van der Waals surface area contributed by atoms with Crippen LogP contribution in [0, 0.1) is 0 Å². The van der Waals surface area contributed by atoms with Gasteiger partial charge >= 0.3 is 0 Å². The summed E-state index contributed by atoms with van der Waals surface area (Å²) in [5.41, 5.74) is 1.96. The number of nitrogens with one attached hydrogen (secondary N) is 2. The molecule has 0 aliphatic carbocycles. The molecule has 172 valence electrons. The van der Waals surface area contributed by atoms with Crippen molar-refractivity contribution in [2.24, 2.45) is 0 Å². The minimum absolute atomic E-state index is 0.205. The maximum absolute atomic E-state index is 14.2. The van der Waals surface area contributed by atoms with Gasteiger partial charge in [-0.1, -0.05) is 49.7 Å².